The van der Waals surface area contributed by atoms with Crippen molar-refractivity contribution in [1.29, 1.82) is 0 Å². The first-order valence-electron chi connectivity index (χ1n) is 5.11. The van der Waals surface area contributed by atoms with Crippen molar-refractivity contribution in [2.45, 2.75) is 33.8 Å². The van der Waals surface area contributed by atoms with Gasteiger partial charge in [-0.1, -0.05) is 6.92 Å². The highest BCUT2D eigenvalue weighted by Crippen LogP contribution is 2.21. The van der Waals surface area contributed by atoms with Crippen LogP contribution in [0, 0.1) is 5.41 Å². The summed E-state index contributed by atoms with van der Waals surface area (Å²) in [5.74, 6) is -0.161. The maximum atomic E-state index is 11.7. The second-order valence-corrected chi connectivity index (χ2v) is 4.26. The summed E-state index contributed by atoms with van der Waals surface area (Å²) in [5.41, 5.74) is 0.494. The van der Waals surface area contributed by atoms with Crippen LogP contribution in [-0.4, -0.2) is 15.7 Å². The Balaban J connectivity index is 2.52. The van der Waals surface area contributed by atoms with Gasteiger partial charge in [0.25, 0.3) is 0 Å². The molecule has 0 saturated heterocycles. The summed E-state index contributed by atoms with van der Waals surface area (Å²) in [5, 5.41) is 4.00. The Labute approximate surface area is 90.2 Å². The molecule has 0 saturated carbocycles. The van der Waals surface area contributed by atoms with Crippen molar-refractivity contribution in [3.05, 3.63) is 18.0 Å². The first kappa shape index (κ1) is 11.8. The quantitative estimate of drug-likeness (QED) is 0.713. The lowest BCUT2D eigenvalue weighted by Gasteiger charge is -2.20. The monoisotopic (exact) mass is 210 g/mol. The second-order valence-electron chi connectivity index (χ2n) is 4.26. The summed E-state index contributed by atoms with van der Waals surface area (Å²) < 4.78 is 6.92. The van der Waals surface area contributed by atoms with E-state index in [1.807, 2.05) is 33.9 Å². The molecule has 1 aromatic heterocycles. The Morgan fingerprint density at radius 2 is 2.27 bits per heavy atom. The number of aryl methyl sites for hydroxylation is 1. The average molecular weight is 210 g/mol. The molecule has 4 heteroatoms. The van der Waals surface area contributed by atoms with Crippen LogP contribution in [0.3, 0.4) is 0 Å². The van der Waals surface area contributed by atoms with E-state index in [1.54, 1.807) is 10.9 Å². The molecule has 15 heavy (non-hydrogen) atoms. The smallest absolute Gasteiger partial charge is 0.311 e. The number of hydrogen-bond acceptors (Lipinski definition) is 3. The predicted molar refractivity (Wildman–Crippen MR) is 57.1 cm³/mol. The van der Waals surface area contributed by atoms with Crippen LogP contribution >= 0.6 is 0 Å². The highest BCUT2D eigenvalue weighted by atomic mass is 16.5. The van der Waals surface area contributed by atoms with Crippen LogP contribution in [0.2, 0.25) is 0 Å². The molecule has 0 bridgehead atoms. The Bertz CT molecular complexity index is 342. The number of carbonyl (C=O) groups excluding carboxylic acids is 1. The van der Waals surface area contributed by atoms with E-state index in [0.29, 0.717) is 6.61 Å². The molecule has 0 atom stereocenters. The zero-order valence-electron chi connectivity index (χ0n) is 9.78. The molecule has 0 N–H and O–H groups in total. The molecule has 0 aliphatic heterocycles. The predicted octanol–water partition coefficient (Wildman–Crippen LogP) is 1.90. The third kappa shape index (κ3) is 2.81. The van der Waals surface area contributed by atoms with Gasteiger partial charge >= 0.3 is 5.97 Å². The van der Waals surface area contributed by atoms with Gasteiger partial charge in [-0.2, -0.15) is 5.10 Å². The summed E-state index contributed by atoms with van der Waals surface area (Å²) in [6.45, 7) is 6.04. The number of rotatable bonds is 4. The topological polar surface area (TPSA) is 44.1 Å². The van der Waals surface area contributed by atoms with Crippen LogP contribution in [0.4, 0.5) is 0 Å². The van der Waals surface area contributed by atoms with Crippen LogP contribution in [0.1, 0.15) is 32.9 Å². The number of nitrogens with zero attached hydrogens (tertiary/aromatic N) is 2. The van der Waals surface area contributed by atoms with Crippen LogP contribution in [-0.2, 0) is 23.2 Å². The number of esters is 1. The molecule has 0 amide bonds. The maximum Gasteiger partial charge on any atom is 0.311 e. The minimum atomic E-state index is -0.404. The van der Waals surface area contributed by atoms with Crippen molar-refractivity contribution in [2.24, 2.45) is 12.5 Å². The summed E-state index contributed by atoms with van der Waals surface area (Å²) in [6, 6.07) is 1.84. The van der Waals surface area contributed by atoms with Crippen molar-refractivity contribution in [2.75, 3.05) is 0 Å². The van der Waals surface area contributed by atoms with Gasteiger partial charge in [-0.3, -0.25) is 9.48 Å². The zero-order chi connectivity index (χ0) is 11.5. The Morgan fingerprint density at radius 1 is 1.60 bits per heavy atom. The van der Waals surface area contributed by atoms with Gasteiger partial charge in [0.1, 0.15) is 6.61 Å². The fourth-order valence-corrected chi connectivity index (χ4v) is 1.02. The SMILES string of the molecule is CCC(C)(C)C(=O)OCc1ccnn1C. The minimum absolute atomic E-state index is 0.161. The molecule has 0 radical (unpaired) electrons. The lowest BCUT2D eigenvalue weighted by molar-refractivity contribution is -0.155. The fourth-order valence-electron chi connectivity index (χ4n) is 1.02. The lowest BCUT2D eigenvalue weighted by Crippen LogP contribution is -2.25. The number of carbonyl (C=O) groups is 1. The largest absolute Gasteiger partial charge is 0.459 e. The van der Waals surface area contributed by atoms with E-state index in [0.717, 1.165) is 12.1 Å². The van der Waals surface area contributed by atoms with Crippen LogP contribution < -0.4 is 0 Å². The molecular weight excluding hydrogens is 192 g/mol. The maximum absolute atomic E-state index is 11.7. The molecule has 1 aromatic rings. The molecule has 1 heterocycles. The summed E-state index contributed by atoms with van der Waals surface area (Å²) in [6.07, 6.45) is 2.46. The number of ether oxygens (including phenoxy) is 1. The van der Waals surface area contributed by atoms with E-state index >= 15 is 0 Å². The normalized spacial score (nSPS) is 11.5. The highest BCUT2D eigenvalue weighted by molar-refractivity contribution is 5.75. The van der Waals surface area contributed by atoms with Crippen molar-refractivity contribution in [3.8, 4) is 0 Å². The molecule has 0 spiro atoms. The summed E-state index contributed by atoms with van der Waals surface area (Å²) >= 11 is 0. The summed E-state index contributed by atoms with van der Waals surface area (Å²) in [4.78, 5) is 11.7. The van der Waals surface area contributed by atoms with E-state index in [9.17, 15) is 4.79 Å². The summed E-state index contributed by atoms with van der Waals surface area (Å²) in [7, 11) is 1.83. The van der Waals surface area contributed by atoms with E-state index in [2.05, 4.69) is 5.10 Å². The van der Waals surface area contributed by atoms with Gasteiger partial charge in [0, 0.05) is 13.2 Å². The van der Waals surface area contributed by atoms with Crippen LogP contribution in [0.25, 0.3) is 0 Å². The highest BCUT2D eigenvalue weighted by Gasteiger charge is 2.27. The average Bonchev–Trinajstić information content (AvgIpc) is 2.60. The van der Waals surface area contributed by atoms with Crippen LogP contribution in [0.15, 0.2) is 12.3 Å². The Morgan fingerprint density at radius 3 is 2.73 bits per heavy atom. The third-order valence-corrected chi connectivity index (χ3v) is 2.71. The van der Waals surface area contributed by atoms with Gasteiger partial charge < -0.3 is 4.74 Å². The number of aromatic nitrogens is 2. The molecule has 0 aliphatic rings. The molecular formula is C11H18N2O2. The van der Waals surface area contributed by atoms with Crippen molar-refractivity contribution >= 4 is 5.97 Å². The Kier molecular flexibility index (Phi) is 3.50. The first-order valence-corrected chi connectivity index (χ1v) is 5.11. The second kappa shape index (κ2) is 4.47. The minimum Gasteiger partial charge on any atom is -0.459 e. The fraction of sp³-hybridized carbons (Fsp3) is 0.636. The van der Waals surface area contributed by atoms with Gasteiger partial charge in [-0.05, 0) is 26.3 Å². The van der Waals surface area contributed by atoms with Gasteiger partial charge in [-0.25, -0.2) is 0 Å². The van der Waals surface area contributed by atoms with Gasteiger partial charge in [0.05, 0.1) is 11.1 Å². The van der Waals surface area contributed by atoms with E-state index in [4.69, 9.17) is 4.74 Å². The Hall–Kier alpha value is -1.32. The number of hydrogen-bond donors (Lipinski definition) is 0. The molecule has 4 nitrogen and oxygen atoms in total. The molecule has 0 fully saturated rings. The zero-order valence-corrected chi connectivity index (χ0v) is 9.78. The van der Waals surface area contributed by atoms with Gasteiger partial charge in [-0.15, -0.1) is 0 Å². The first-order chi connectivity index (χ1) is 6.97. The molecule has 0 aliphatic carbocycles. The van der Waals surface area contributed by atoms with E-state index in [-0.39, 0.29) is 5.97 Å². The van der Waals surface area contributed by atoms with Gasteiger partial charge in [0.15, 0.2) is 0 Å². The van der Waals surface area contributed by atoms with E-state index in [1.165, 1.54) is 0 Å². The lowest BCUT2D eigenvalue weighted by atomic mass is 9.91. The van der Waals surface area contributed by atoms with Gasteiger partial charge in [0.2, 0.25) is 0 Å². The molecule has 0 unspecified atom stereocenters. The molecule has 84 valence electrons. The molecule has 0 aromatic carbocycles. The van der Waals surface area contributed by atoms with Crippen LogP contribution in [0.5, 0.6) is 0 Å². The van der Waals surface area contributed by atoms with Crippen molar-refractivity contribution in [3.63, 3.8) is 0 Å². The third-order valence-electron chi connectivity index (χ3n) is 2.71. The molecule has 1 rings (SSSR count). The van der Waals surface area contributed by atoms with Crippen molar-refractivity contribution < 1.29 is 9.53 Å². The van der Waals surface area contributed by atoms with Crippen molar-refractivity contribution in [1.82, 2.24) is 9.78 Å². The van der Waals surface area contributed by atoms with E-state index < -0.39 is 5.41 Å². The standard InChI is InChI=1S/C11H18N2O2/c1-5-11(2,3)10(14)15-8-9-6-7-12-13(9)4/h6-7H,5,8H2,1-4H3.